The molecule has 0 aromatic heterocycles. The van der Waals surface area contributed by atoms with Gasteiger partial charge in [-0.15, -0.1) is 0 Å². The molecular weight excluding hydrogens is 157 g/mol. The van der Waals surface area contributed by atoms with E-state index in [2.05, 4.69) is 0 Å². The highest BCUT2D eigenvalue weighted by Crippen LogP contribution is 2.38. The number of allylic oxidation sites excluding steroid dienone is 1. The van der Waals surface area contributed by atoms with Gasteiger partial charge in [-0.3, -0.25) is 0 Å². The fourth-order valence-electron chi connectivity index (χ4n) is 1.08. The van der Waals surface area contributed by atoms with Crippen LogP contribution >= 0.6 is 0 Å². The summed E-state index contributed by atoms with van der Waals surface area (Å²) in [7, 11) is 0. The molecule has 1 unspecified atom stereocenters. The van der Waals surface area contributed by atoms with E-state index in [4.69, 9.17) is 5.11 Å². The molecule has 0 aliphatic heterocycles. The second-order valence-electron chi connectivity index (χ2n) is 2.74. The number of hydrogen-bond donors (Lipinski definition) is 1. The Morgan fingerprint density at radius 3 is 2.18 bits per heavy atom. The first-order valence-corrected chi connectivity index (χ1v) is 3.40. The summed E-state index contributed by atoms with van der Waals surface area (Å²) in [6.07, 6.45) is -1.69. The molecule has 11 heavy (non-hydrogen) atoms. The summed E-state index contributed by atoms with van der Waals surface area (Å²) in [5.41, 5.74) is -2.47. The van der Waals surface area contributed by atoms with E-state index in [9.17, 15) is 13.2 Å². The molecule has 0 aromatic carbocycles. The van der Waals surface area contributed by atoms with Crippen molar-refractivity contribution in [1.29, 1.82) is 0 Å². The molecule has 1 N–H and O–H groups in total. The van der Waals surface area contributed by atoms with Crippen molar-refractivity contribution in [2.24, 2.45) is 0 Å². The van der Waals surface area contributed by atoms with Crippen LogP contribution in [0.3, 0.4) is 0 Å². The molecule has 4 heteroatoms. The number of halogens is 3. The molecule has 1 aliphatic carbocycles. The summed E-state index contributed by atoms with van der Waals surface area (Å²) < 4.78 is 36.1. The Balaban J connectivity index is 2.74. The van der Waals surface area contributed by atoms with E-state index in [1.807, 2.05) is 0 Å². The zero-order valence-corrected chi connectivity index (χ0v) is 5.86. The van der Waals surface area contributed by atoms with Gasteiger partial charge in [0.1, 0.15) is 0 Å². The Hall–Kier alpha value is -0.510. The summed E-state index contributed by atoms with van der Waals surface area (Å²) in [5, 5.41) is 9.03. The minimum atomic E-state index is -4.49. The molecule has 1 atom stereocenters. The molecule has 0 aromatic rings. The number of aliphatic hydroxyl groups is 1. The molecule has 0 radical (unpaired) electrons. The normalized spacial score (nSPS) is 32.4. The van der Waals surface area contributed by atoms with Gasteiger partial charge >= 0.3 is 6.18 Å². The van der Waals surface area contributed by atoms with Crippen LogP contribution in [0, 0.1) is 0 Å². The first-order valence-electron chi connectivity index (χ1n) is 3.40. The second-order valence-corrected chi connectivity index (χ2v) is 2.74. The zero-order valence-electron chi connectivity index (χ0n) is 5.86. The third-order valence-corrected chi connectivity index (χ3v) is 1.87. The van der Waals surface area contributed by atoms with Crippen LogP contribution in [0.2, 0.25) is 0 Å². The van der Waals surface area contributed by atoms with Gasteiger partial charge in [-0.25, -0.2) is 0 Å². The summed E-state index contributed by atoms with van der Waals surface area (Å²) in [6.45, 7) is 0. The van der Waals surface area contributed by atoms with E-state index < -0.39 is 11.8 Å². The van der Waals surface area contributed by atoms with E-state index in [0.717, 1.165) is 0 Å². The standard InChI is InChI=1S/C7H9F3O/c8-7(9,10)6(11)4-2-1-3-5-6/h1-2,11H,3-5H2. The maximum atomic E-state index is 12.0. The van der Waals surface area contributed by atoms with Crippen LogP contribution < -0.4 is 0 Å². The lowest BCUT2D eigenvalue weighted by molar-refractivity contribution is -0.262. The lowest BCUT2D eigenvalue weighted by Crippen LogP contribution is -2.45. The van der Waals surface area contributed by atoms with Crippen LogP contribution in [0.5, 0.6) is 0 Å². The summed E-state index contributed by atoms with van der Waals surface area (Å²) in [4.78, 5) is 0. The van der Waals surface area contributed by atoms with Gasteiger partial charge in [0.15, 0.2) is 5.60 Å². The Bertz CT molecular complexity index is 173. The fraction of sp³-hybridized carbons (Fsp3) is 0.714. The van der Waals surface area contributed by atoms with Gasteiger partial charge < -0.3 is 5.11 Å². The maximum absolute atomic E-state index is 12.0. The summed E-state index contributed by atoms with van der Waals surface area (Å²) >= 11 is 0. The van der Waals surface area contributed by atoms with Gasteiger partial charge in [0.25, 0.3) is 0 Å². The van der Waals surface area contributed by atoms with Crippen molar-refractivity contribution < 1.29 is 18.3 Å². The molecule has 0 spiro atoms. The Labute approximate surface area is 62.5 Å². The Kier molecular flexibility index (Phi) is 1.96. The smallest absolute Gasteiger partial charge is 0.380 e. The first kappa shape index (κ1) is 8.59. The number of alkyl halides is 3. The number of rotatable bonds is 0. The highest BCUT2D eigenvalue weighted by molar-refractivity contribution is 5.01. The average molecular weight is 166 g/mol. The molecule has 0 heterocycles. The van der Waals surface area contributed by atoms with Crippen molar-refractivity contribution in [3.63, 3.8) is 0 Å². The molecule has 1 nitrogen and oxygen atoms in total. The first-order chi connectivity index (χ1) is 4.96. The Morgan fingerprint density at radius 2 is 1.91 bits per heavy atom. The second kappa shape index (κ2) is 2.52. The quantitative estimate of drug-likeness (QED) is 0.546. The van der Waals surface area contributed by atoms with Gasteiger partial charge in [0.05, 0.1) is 0 Å². The molecule has 0 fully saturated rings. The zero-order chi connectivity index (χ0) is 8.54. The average Bonchev–Trinajstić information content (AvgIpc) is 1.87. The highest BCUT2D eigenvalue weighted by Gasteiger charge is 2.52. The molecule has 0 saturated heterocycles. The minimum Gasteiger partial charge on any atom is -0.380 e. The predicted octanol–water partition coefficient (Wildman–Crippen LogP) is 2.02. The van der Waals surface area contributed by atoms with E-state index in [1.54, 1.807) is 6.08 Å². The fourth-order valence-corrected chi connectivity index (χ4v) is 1.08. The van der Waals surface area contributed by atoms with E-state index in [0.29, 0.717) is 6.42 Å². The molecule has 0 bridgehead atoms. The SMILES string of the molecule is OC1(C(F)(F)F)CC=CCC1. The van der Waals surface area contributed by atoms with Crippen molar-refractivity contribution in [3.05, 3.63) is 12.2 Å². The lowest BCUT2D eigenvalue weighted by atomic mass is 9.89. The van der Waals surface area contributed by atoms with E-state index in [1.165, 1.54) is 6.08 Å². The maximum Gasteiger partial charge on any atom is 0.417 e. The van der Waals surface area contributed by atoms with Crippen molar-refractivity contribution in [2.75, 3.05) is 0 Å². The predicted molar refractivity (Wildman–Crippen MR) is 34.0 cm³/mol. The third kappa shape index (κ3) is 1.56. The van der Waals surface area contributed by atoms with Crippen LogP contribution in [-0.2, 0) is 0 Å². The van der Waals surface area contributed by atoms with Gasteiger partial charge in [0, 0.05) is 6.42 Å². The van der Waals surface area contributed by atoms with Crippen molar-refractivity contribution in [2.45, 2.75) is 31.0 Å². The van der Waals surface area contributed by atoms with E-state index >= 15 is 0 Å². The van der Waals surface area contributed by atoms with Crippen molar-refractivity contribution >= 4 is 0 Å². The lowest BCUT2D eigenvalue weighted by Gasteiger charge is -2.31. The third-order valence-electron chi connectivity index (χ3n) is 1.87. The molecular formula is C7H9F3O. The highest BCUT2D eigenvalue weighted by atomic mass is 19.4. The number of hydrogen-bond acceptors (Lipinski definition) is 1. The molecule has 64 valence electrons. The van der Waals surface area contributed by atoms with E-state index in [-0.39, 0.29) is 12.8 Å². The molecule has 1 aliphatic rings. The van der Waals surface area contributed by atoms with Crippen LogP contribution in [0.1, 0.15) is 19.3 Å². The Morgan fingerprint density at radius 1 is 1.27 bits per heavy atom. The molecule has 1 rings (SSSR count). The van der Waals surface area contributed by atoms with Crippen LogP contribution in [0.15, 0.2) is 12.2 Å². The van der Waals surface area contributed by atoms with Crippen LogP contribution in [0.25, 0.3) is 0 Å². The minimum absolute atomic E-state index is 0.215. The van der Waals surface area contributed by atoms with Gasteiger partial charge in [-0.1, -0.05) is 12.2 Å². The monoisotopic (exact) mass is 166 g/mol. The van der Waals surface area contributed by atoms with Crippen molar-refractivity contribution in [1.82, 2.24) is 0 Å². The summed E-state index contributed by atoms with van der Waals surface area (Å²) in [5.74, 6) is 0. The van der Waals surface area contributed by atoms with Gasteiger partial charge in [-0.2, -0.15) is 13.2 Å². The summed E-state index contributed by atoms with van der Waals surface area (Å²) in [6, 6.07) is 0. The largest absolute Gasteiger partial charge is 0.417 e. The van der Waals surface area contributed by atoms with Gasteiger partial charge in [0.2, 0.25) is 0 Å². The van der Waals surface area contributed by atoms with Crippen LogP contribution in [-0.4, -0.2) is 16.9 Å². The van der Waals surface area contributed by atoms with Crippen LogP contribution in [0.4, 0.5) is 13.2 Å². The topological polar surface area (TPSA) is 20.2 Å². The van der Waals surface area contributed by atoms with Gasteiger partial charge in [-0.05, 0) is 12.8 Å². The molecule has 0 amide bonds. The molecule has 0 saturated carbocycles. The van der Waals surface area contributed by atoms with Crippen molar-refractivity contribution in [3.8, 4) is 0 Å².